The molecule has 1 aromatic carbocycles. The Kier molecular flexibility index (Phi) is 3.80. The lowest BCUT2D eigenvalue weighted by molar-refractivity contribution is 0.0698. The van der Waals surface area contributed by atoms with E-state index in [0.29, 0.717) is 5.69 Å². The Morgan fingerprint density at radius 3 is 2.58 bits per heavy atom. The topological polar surface area (TPSA) is 62.2 Å². The molecular formula is C15H16N2O2. The third-order valence-electron chi connectivity index (χ3n) is 3.00. The zero-order chi connectivity index (χ0) is 13.8. The fourth-order valence-corrected chi connectivity index (χ4v) is 1.87. The van der Waals surface area contributed by atoms with E-state index in [-0.39, 0.29) is 11.6 Å². The summed E-state index contributed by atoms with van der Waals surface area (Å²) in [5.74, 6) is -0.957. The summed E-state index contributed by atoms with van der Waals surface area (Å²) < 4.78 is 0. The highest BCUT2D eigenvalue weighted by molar-refractivity contribution is 5.93. The number of aromatic carboxylic acids is 1. The average Bonchev–Trinajstić information content (AvgIpc) is 2.39. The Morgan fingerprint density at radius 1 is 1.26 bits per heavy atom. The van der Waals surface area contributed by atoms with E-state index < -0.39 is 5.97 Å². The summed E-state index contributed by atoms with van der Waals surface area (Å²) >= 11 is 0. The number of aryl methyl sites for hydroxylation is 1. The summed E-state index contributed by atoms with van der Waals surface area (Å²) in [7, 11) is 0. The maximum atomic E-state index is 11.1. The van der Waals surface area contributed by atoms with Gasteiger partial charge in [0, 0.05) is 12.2 Å². The van der Waals surface area contributed by atoms with Crippen LogP contribution >= 0.6 is 0 Å². The smallest absolute Gasteiger partial charge is 0.337 e. The summed E-state index contributed by atoms with van der Waals surface area (Å²) in [6.07, 6.45) is 3.01. The standard InChI is InChI=1S/C15H16N2O2/c1-10-3-5-12(6-4-10)11(2)17-14-9-16-8-7-13(14)15(18)19/h3-9,11,17H,1-2H3,(H,18,19). The van der Waals surface area contributed by atoms with Crippen LogP contribution < -0.4 is 5.32 Å². The highest BCUT2D eigenvalue weighted by Crippen LogP contribution is 2.21. The molecule has 2 rings (SSSR count). The van der Waals surface area contributed by atoms with Crippen LogP contribution in [0, 0.1) is 6.92 Å². The van der Waals surface area contributed by atoms with Gasteiger partial charge in [-0.25, -0.2) is 4.79 Å². The largest absolute Gasteiger partial charge is 0.478 e. The monoisotopic (exact) mass is 256 g/mol. The number of hydrogen-bond acceptors (Lipinski definition) is 3. The molecule has 19 heavy (non-hydrogen) atoms. The first-order valence-electron chi connectivity index (χ1n) is 6.08. The second kappa shape index (κ2) is 5.52. The first kappa shape index (κ1) is 13.1. The van der Waals surface area contributed by atoms with Crippen LogP contribution in [-0.2, 0) is 0 Å². The van der Waals surface area contributed by atoms with Gasteiger partial charge in [0.2, 0.25) is 0 Å². The van der Waals surface area contributed by atoms with Crippen LogP contribution in [0.15, 0.2) is 42.7 Å². The SMILES string of the molecule is Cc1ccc(C(C)Nc2cnccc2C(=O)O)cc1. The van der Waals surface area contributed by atoms with E-state index in [4.69, 9.17) is 5.11 Å². The minimum atomic E-state index is -0.957. The molecule has 1 unspecified atom stereocenters. The average molecular weight is 256 g/mol. The molecule has 0 saturated heterocycles. The molecule has 1 atom stereocenters. The summed E-state index contributed by atoms with van der Waals surface area (Å²) in [5.41, 5.74) is 3.06. The number of carbonyl (C=O) groups is 1. The molecule has 0 aliphatic heterocycles. The molecule has 1 heterocycles. The van der Waals surface area contributed by atoms with Crippen molar-refractivity contribution in [1.82, 2.24) is 4.98 Å². The quantitative estimate of drug-likeness (QED) is 0.881. The van der Waals surface area contributed by atoms with E-state index >= 15 is 0 Å². The van der Waals surface area contributed by atoms with Crippen molar-refractivity contribution < 1.29 is 9.90 Å². The van der Waals surface area contributed by atoms with Gasteiger partial charge in [-0.2, -0.15) is 0 Å². The Morgan fingerprint density at radius 2 is 1.95 bits per heavy atom. The number of rotatable bonds is 4. The van der Waals surface area contributed by atoms with Gasteiger partial charge in [-0.05, 0) is 25.5 Å². The first-order chi connectivity index (χ1) is 9.08. The molecule has 0 saturated carbocycles. The second-order valence-corrected chi connectivity index (χ2v) is 4.50. The zero-order valence-electron chi connectivity index (χ0n) is 10.9. The van der Waals surface area contributed by atoms with E-state index in [9.17, 15) is 4.79 Å². The number of nitrogens with zero attached hydrogens (tertiary/aromatic N) is 1. The van der Waals surface area contributed by atoms with Crippen molar-refractivity contribution >= 4 is 11.7 Å². The van der Waals surface area contributed by atoms with E-state index in [1.165, 1.54) is 24.0 Å². The molecule has 0 bridgehead atoms. The van der Waals surface area contributed by atoms with Crippen molar-refractivity contribution in [2.45, 2.75) is 19.9 Å². The Hall–Kier alpha value is -2.36. The molecule has 0 amide bonds. The van der Waals surface area contributed by atoms with Crippen LogP contribution in [0.2, 0.25) is 0 Å². The molecule has 0 spiro atoms. The van der Waals surface area contributed by atoms with Crippen molar-refractivity contribution in [3.63, 3.8) is 0 Å². The third kappa shape index (κ3) is 3.10. The molecule has 0 fully saturated rings. The molecule has 4 nitrogen and oxygen atoms in total. The van der Waals surface area contributed by atoms with Crippen molar-refractivity contribution in [1.29, 1.82) is 0 Å². The zero-order valence-corrected chi connectivity index (χ0v) is 10.9. The lowest BCUT2D eigenvalue weighted by atomic mass is 10.1. The number of aromatic nitrogens is 1. The van der Waals surface area contributed by atoms with Crippen LogP contribution in [0.4, 0.5) is 5.69 Å². The maximum absolute atomic E-state index is 11.1. The maximum Gasteiger partial charge on any atom is 0.337 e. The minimum Gasteiger partial charge on any atom is -0.478 e. The Bertz CT molecular complexity index is 579. The number of anilines is 1. The normalized spacial score (nSPS) is 11.9. The lowest BCUT2D eigenvalue weighted by Crippen LogP contribution is -2.11. The summed E-state index contributed by atoms with van der Waals surface area (Å²) in [4.78, 5) is 15.1. The highest BCUT2D eigenvalue weighted by Gasteiger charge is 2.12. The predicted octanol–water partition coefficient (Wildman–Crippen LogP) is 3.26. The van der Waals surface area contributed by atoms with Gasteiger partial charge in [0.1, 0.15) is 0 Å². The number of hydrogen-bond donors (Lipinski definition) is 2. The number of pyridine rings is 1. The molecule has 4 heteroatoms. The van der Waals surface area contributed by atoms with Gasteiger partial charge in [0.05, 0.1) is 17.4 Å². The third-order valence-corrected chi connectivity index (χ3v) is 3.00. The Balaban J connectivity index is 2.21. The second-order valence-electron chi connectivity index (χ2n) is 4.50. The van der Waals surface area contributed by atoms with Crippen LogP contribution in [0.3, 0.4) is 0 Å². The summed E-state index contributed by atoms with van der Waals surface area (Å²) in [5, 5.41) is 12.3. The number of carboxylic acid groups (broad SMARTS) is 1. The van der Waals surface area contributed by atoms with Crippen molar-refractivity contribution in [3.8, 4) is 0 Å². The van der Waals surface area contributed by atoms with Gasteiger partial charge in [0.25, 0.3) is 0 Å². The molecule has 0 aliphatic carbocycles. The highest BCUT2D eigenvalue weighted by atomic mass is 16.4. The molecule has 1 aromatic heterocycles. The number of nitrogens with one attached hydrogen (secondary N) is 1. The number of benzene rings is 1. The van der Waals surface area contributed by atoms with E-state index in [0.717, 1.165) is 5.56 Å². The van der Waals surface area contributed by atoms with Crippen LogP contribution in [-0.4, -0.2) is 16.1 Å². The van der Waals surface area contributed by atoms with Crippen LogP contribution in [0.25, 0.3) is 0 Å². The summed E-state index contributed by atoms with van der Waals surface area (Å²) in [6.45, 7) is 4.02. The molecule has 2 aromatic rings. The van der Waals surface area contributed by atoms with Gasteiger partial charge in [-0.3, -0.25) is 4.98 Å². The molecular weight excluding hydrogens is 240 g/mol. The van der Waals surface area contributed by atoms with Gasteiger partial charge in [0.15, 0.2) is 0 Å². The fraction of sp³-hybridized carbons (Fsp3) is 0.200. The fourth-order valence-electron chi connectivity index (χ4n) is 1.87. The van der Waals surface area contributed by atoms with E-state index in [1.807, 2.05) is 38.1 Å². The molecule has 2 N–H and O–H groups in total. The van der Waals surface area contributed by atoms with Crippen molar-refractivity contribution in [2.75, 3.05) is 5.32 Å². The van der Waals surface area contributed by atoms with Gasteiger partial charge in [-0.1, -0.05) is 29.8 Å². The van der Waals surface area contributed by atoms with Crippen LogP contribution in [0.1, 0.15) is 34.5 Å². The van der Waals surface area contributed by atoms with Crippen LogP contribution in [0.5, 0.6) is 0 Å². The number of carboxylic acids is 1. The van der Waals surface area contributed by atoms with Crippen molar-refractivity contribution in [3.05, 3.63) is 59.4 Å². The van der Waals surface area contributed by atoms with Gasteiger partial charge in [-0.15, -0.1) is 0 Å². The molecule has 0 radical (unpaired) electrons. The van der Waals surface area contributed by atoms with Gasteiger partial charge < -0.3 is 10.4 Å². The van der Waals surface area contributed by atoms with Gasteiger partial charge >= 0.3 is 5.97 Å². The van der Waals surface area contributed by atoms with E-state index in [1.54, 1.807) is 0 Å². The molecule has 98 valence electrons. The Labute approximate surface area is 112 Å². The minimum absolute atomic E-state index is 0.0166. The van der Waals surface area contributed by atoms with E-state index in [2.05, 4.69) is 10.3 Å². The summed E-state index contributed by atoms with van der Waals surface area (Å²) in [6, 6.07) is 9.65. The van der Waals surface area contributed by atoms with Crippen molar-refractivity contribution in [2.24, 2.45) is 0 Å². The lowest BCUT2D eigenvalue weighted by Gasteiger charge is -2.17. The first-order valence-corrected chi connectivity index (χ1v) is 6.08. The molecule has 0 aliphatic rings. The predicted molar refractivity (Wildman–Crippen MR) is 74.4 cm³/mol.